The van der Waals surface area contributed by atoms with Gasteiger partial charge in [0, 0.05) is 47.9 Å². The molecule has 1 aromatic carbocycles. The molecule has 0 radical (unpaired) electrons. The number of carbonyl (C=O) groups is 3. The number of benzene rings is 1. The molecule has 0 aliphatic carbocycles. The van der Waals surface area contributed by atoms with Crippen LogP contribution in [0.5, 0.6) is 0 Å². The van der Waals surface area contributed by atoms with Crippen molar-refractivity contribution in [3.05, 3.63) is 58.4 Å². The number of anilines is 1. The lowest BCUT2D eigenvalue weighted by atomic mass is 10.1. The van der Waals surface area contributed by atoms with Crippen molar-refractivity contribution in [3.63, 3.8) is 0 Å². The number of aromatic nitrogens is 1. The number of amides is 2. The zero-order valence-electron chi connectivity index (χ0n) is 17.5. The molecule has 0 bridgehead atoms. The third kappa shape index (κ3) is 4.93. The Kier molecular flexibility index (Phi) is 7.36. The Hall–Kier alpha value is -3.35. The van der Waals surface area contributed by atoms with Crippen molar-refractivity contribution in [1.29, 1.82) is 0 Å². The fourth-order valence-electron chi connectivity index (χ4n) is 3.27. The van der Waals surface area contributed by atoms with Gasteiger partial charge in [-0.15, -0.1) is 0 Å². The van der Waals surface area contributed by atoms with Crippen molar-refractivity contribution in [2.75, 3.05) is 19.0 Å². The fourth-order valence-corrected chi connectivity index (χ4v) is 3.27. The SMILES string of the molecule is CCOC(=O)c1c(/C=C/C(=O)Nc2cccc(C(=O)NC)c2)c(C)n(CC)c1C. The van der Waals surface area contributed by atoms with Gasteiger partial charge in [-0.3, -0.25) is 9.59 Å². The van der Waals surface area contributed by atoms with Gasteiger partial charge in [-0.05, 0) is 52.0 Å². The molecule has 2 rings (SSSR count). The largest absolute Gasteiger partial charge is 0.462 e. The summed E-state index contributed by atoms with van der Waals surface area (Å²) < 4.78 is 7.20. The number of hydrogen-bond acceptors (Lipinski definition) is 4. The van der Waals surface area contributed by atoms with Crippen molar-refractivity contribution in [2.24, 2.45) is 0 Å². The van der Waals surface area contributed by atoms with Crippen LogP contribution in [-0.2, 0) is 16.1 Å². The molecule has 0 saturated carbocycles. The van der Waals surface area contributed by atoms with Crippen LogP contribution in [0.25, 0.3) is 6.08 Å². The van der Waals surface area contributed by atoms with E-state index in [1.807, 2.05) is 25.3 Å². The third-order valence-electron chi connectivity index (χ3n) is 4.65. The summed E-state index contributed by atoms with van der Waals surface area (Å²) in [5, 5.41) is 5.27. The van der Waals surface area contributed by atoms with Crippen LogP contribution in [0.3, 0.4) is 0 Å². The van der Waals surface area contributed by atoms with Crippen LogP contribution < -0.4 is 10.6 Å². The first kappa shape index (κ1) is 21.9. The normalized spacial score (nSPS) is 10.8. The zero-order chi connectivity index (χ0) is 21.6. The van der Waals surface area contributed by atoms with Crippen molar-refractivity contribution in [3.8, 4) is 0 Å². The Balaban J connectivity index is 2.28. The Labute approximate surface area is 170 Å². The van der Waals surface area contributed by atoms with Crippen LogP contribution in [0.1, 0.15) is 51.5 Å². The average Bonchev–Trinajstić information content (AvgIpc) is 2.95. The summed E-state index contributed by atoms with van der Waals surface area (Å²) in [6.07, 6.45) is 3.00. The van der Waals surface area contributed by atoms with E-state index < -0.39 is 5.97 Å². The van der Waals surface area contributed by atoms with E-state index in [4.69, 9.17) is 4.74 Å². The molecule has 29 heavy (non-hydrogen) atoms. The Bertz CT molecular complexity index is 957. The molecular weight excluding hydrogens is 370 g/mol. The molecule has 0 fully saturated rings. The number of ether oxygens (including phenoxy) is 1. The molecular formula is C22H27N3O4. The van der Waals surface area contributed by atoms with E-state index in [2.05, 4.69) is 10.6 Å². The molecule has 2 N–H and O–H groups in total. The first-order chi connectivity index (χ1) is 13.8. The Morgan fingerprint density at radius 2 is 1.86 bits per heavy atom. The zero-order valence-corrected chi connectivity index (χ0v) is 17.5. The van der Waals surface area contributed by atoms with Crippen molar-refractivity contribution < 1.29 is 19.1 Å². The summed E-state index contributed by atoms with van der Waals surface area (Å²) in [4.78, 5) is 36.6. The monoisotopic (exact) mass is 397 g/mol. The molecule has 0 saturated heterocycles. The van der Waals surface area contributed by atoms with E-state index >= 15 is 0 Å². The predicted molar refractivity (Wildman–Crippen MR) is 113 cm³/mol. The summed E-state index contributed by atoms with van der Waals surface area (Å²) in [6, 6.07) is 6.65. The minimum atomic E-state index is -0.404. The second kappa shape index (κ2) is 9.73. The maximum absolute atomic E-state index is 12.4. The van der Waals surface area contributed by atoms with E-state index in [1.54, 1.807) is 44.3 Å². The highest BCUT2D eigenvalue weighted by atomic mass is 16.5. The van der Waals surface area contributed by atoms with E-state index in [0.29, 0.717) is 28.9 Å². The van der Waals surface area contributed by atoms with E-state index in [1.165, 1.54) is 6.08 Å². The van der Waals surface area contributed by atoms with Gasteiger partial charge in [0.05, 0.1) is 12.2 Å². The second-order valence-corrected chi connectivity index (χ2v) is 6.41. The molecule has 2 aromatic rings. The fraction of sp³-hybridized carbons (Fsp3) is 0.318. The van der Waals surface area contributed by atoms with Crippen LogP contribution in [-0.4, -0.2) is 36.0 Å². The van der Waals surface area contributed by atoms with Crippen LogP contribution in [0.4, 0.5) is 5.69 Å². The molecule has 0 unspecified atom stereocenters. The van der Waals surface area contributed by atoms with Crippen LogP contribution >= 0.6 is 0 Å². The maximum atomic E-state index is 12.4. The molecule has 0 aliphatic heterocycles. The van der Waals surface area contributed by atoms with Crippen LogP contribution in [0.2, 0.25) is 0 Å². The predicted octanol–water partition coefficient (Wildman–Crippen LogP) is 3.31. The standard InChI is InChI=1S/C22H27N3O4/c1-6-25-14(3)18(20(15(25)4)22(28)29-7-2)11-12-19(26)24-17-10-8-9-16(13-17)21(27)23-5/h8-13H,6-7H2,1-5H3,(H,23,27)(H,24,26)/b12-11+. The van der Waals surface area contributed by atoms with Gasteiger partial charge in [0.15, 0.2) is 0 Å². The molecule has 7 heteroatoms. The van der Waals surface area contributed by atoms with Gasteiger partial charge in [-0.2, -0.15) is 0 Å². The van der Waals surface area contributed by atoms with Crippen LogP contribution in [0.15, 0.2) is 30.3 Å². The molecule has 0 spiro atoms. The van der Waals surface area contributed by atoms with Gasteiger partial charge in [-0.1, -0.05) is 6.07 Å². The van der Waals surface area contributed by atoms with Gasteiger partial charge in [0.25, 0.3) is 5.91 Å². The lowest BCUT2D eigenvalue weighted by Gasteiger charge is -2.05. The summed E-state index contributed by atoms with van der Waals surface area (Å²) in [5.74, 6) is -1.00. The maximum Gasteiger partial charge on any atom is 0.340 e. The number of carbonyl (C=O) groups excluding carboxylic acids is 3. The van der Waals surface area contributed by atoms with Crippen molar-refractivity contribution in [1.82, 2.24) is 9.88 Å². The Morgan fingerprint density at radius 3 is 2.48 bits per heavy atom. The lowest BCUT2D eigenvalue weighted by molar-refractivity contribution is -0.111. The van der Waals surface area contributed by atoms with E-state index in [0.717, 1.165) is 11.4 Å². The molecule has 7 nitrogen and oxygen atoms in total. The topological polar surface area (TPSA) is 89.4 Å². The second-order valence-electron chi connectivity index (χ2n) is 6.41. The van der Waals surface area contributed by atoms with Gasteiger partial charge in [-0.25, -0.2) is 4.79 Å². The van der Waals surface area contributed by atoms with Gasteiger partial charge < -0.3 is 19.9 Å². The average molecular weight is 397 g/mol. The molecule has 1 heterocycles. The van der Waals surface area contributed by atoms with E-state index in [-0.39, 0.29) is 18.4 Å². The molecule has 1 aromatic heterocycles. The van der Waals surface area contributed by atoms with E-state index in [9.17, 15) is 14.4 Å². The molecule has 154 valence electrons. The third-order valence-corrected chi connectivity index (χ3v) is 4.65. The molecule has 0 aliphatic rings. The number of hydrogen-bond donors (Lipinski definition) is 2. The van der Waals surface area contributed by atoms with Gasteiger partial charge in [0.2, 0.25) is 5.91 Å². The van der Waals surface area contributed by atoms with Crippen molar-refractivity contribution >= 4 is 29.5 Å². The van der Waals surface area contributed by atoms with Gasteiger partial charge >= 0.3 is 5.97 Å². The minimum Gasteiger partial charge on any atom is -0.462 e. The van der Waals surface area contributed by atoms with Gasteiger partial charge in [0.1, 0.15) is 0 Å². The van der Waals surface area contributed by atoms with Crippen LogP contribution in [0, 0.1) is 13.8 Å². The number of esters is 1. The minimum absolute atomic E-state index is 0.234. The quantitative estimate of drug-likeness (QED) is 0.554. The molecule has 2 amide bonds. The first-order valence-corrected chi connectivity index (χ1v) is 9.51. The summed E-state index contributed by atoms with van der Waals surface area (Å²) in [7, 11) is 1.55. The highest BCUT2D eigenvalue weighted by molar-refractivity contribution is 6.04. The molecule has 0 atom stereocenters. The highest BCUT2D eigenvalue weighted by Gasteiger charge is 2.22. The van der Waals surface area contributed by atoms with Crippen molar-refractivity contribution in [2.45, 2.75) is 34.2 Å². The summed E-state index contributed by atoms with van der Waals surface area (Å²) in [6.45, 7) is 8.51. The smallest absolute Gasteiger partial charge is 0.340 e. The summed E-state index contributed by atoms with van der Waals surface area (Å²) in [5.41, 5.74) is 3.78. The highest BCUT2D eigenvalue weighted by Crippen LogP contribution is 2.25. The first-order valence-electron chi connectivity index (χ1n) is 9.51. The Morgan fingerprint density at radius 1 is 1.14 bits per heavy atom. The number of nitrogens with one attached hydrogen (secondary N) is 2. The number of rotatable bonds is 7. The summed E-state index contributed by atoms with van der Waals surface area (Å²) >= 11 is 0. The number of nitrogens with zero attached hydrogens (tertiary/aromatic N) is 1. The lowest BCUT2D eigenvalue weighted by Crippen LogP contribution is -2.18.